The summed E-state index contributed by atoms with van der Waals surface area (Å²) in [7, 11) is 2.06. The summed E-state index contributed by atoms with van der Waals surface area (Å²) >= 11 is 2.02. The van der Waals surface area contributed by atoms with E-state index in [4.69, 9.17) is 0 Å². The monoisotopic (exact) mass is 346 g/mol. The van der Waals surface area contributed by atoms with Crippen LogP contribution in [0.15, 0.2) is 18.2 Å². The Morgan fingerprint density at radius 1 is 1.53 bits per heavy atom. The van der Waals surface area contributed by atoms with E-state index in [1.54, 1.807) is 6.07 Å². The molecule has 92 valence electrons. The maximum absolute atomic E-state index is 10.7. The van der Waals surface area contributed by atoms with E-state index in [-0.39, 0.29) is 10.6 Å². The van der Waals surface area contributed by atoms with Gasteiger partial charge in [-0.05, 0) is 60.4 Å². The van der Waals surface area contributed by atoms with E-state index < -0.39 is 0 Å². The average Bonchev–Trinajstić information content (AvgIpc) is 3.10. The number of hydrogen-bond donors (Lipinski definition) is 0. The van der Waals surface area contributed by atoms with Gasteiger partial charge in [0.15, 0.2) is 0 Å². The summed E-state index contributed by atoms with van der Waals surface area (Å²) in [5.41, 5.74) is 1.24. The molecule has 0 spiro atoms. The summed E-state index contributed by atoms with van der Waals surface area (Å²) in [4.78, 5) is 12.6. The van der Waals surface area contributed by atoms with Crippen molar-refractivity contribution in [1.82, 2.24) is 0 Å². The van der Waals surface area contributed by atoms with E-state index in [0.29, 0.717) is 9.61 Å². The molecule has 17 heavy (non-hydrogen) atoms. The van der Waals surface area contributed by atoms with Crippen LogP contribution in [0.25, 0.3) is 0 Å². The molecule has 4 nitrogen and oxygen atoms in total. The quantitative estimate of drug-likeness (QED) is 0.477. The molecule has 0 aliphatic heterocycles. The molecular formula is C12H15IN2O2. The number of nitro groups is 1. The summed E-state index contributed by atoms with van der Waals surface area (Å²) in [6, 6.07) is 5.82. The normalized spacial score (nSPS) is 16.6. The smallest absolute Gasteiger partial charge is 0.282 e. The molecule has 1 fully saturated rings. The molecule has 5 heteroatoms. The van der Waals surface area contributed by atoms with Crippen LogP contribution < -0.4 is 4.90 Å². The van der Waals surface area contributed by atoms with Crippen LogP contribution in [0, 0.1) is 19.6 Å². The lowest BCUT2D eigenvalue weighted by molar-refractivity contribution is -0.385. The van der Waals surface area contributed by atoms with Gasteiger partial charge in [0.2, 0.25) is 0 Å². The van der Waals surface area contributed by atoms with Crippen molar-refractivity contribution in [2.24, 2.45) is 5.92 Å². The van der Waals surface area contributed by atoms with Gasteiger partial charge in [0, 0.05) is 24.8 Å². The fourth-order valence-corrected chi connectivity index (χ4v) is 2.69. The fourth-order valence-electron chi connectivity index (χ4n) is 1.99. The zero-order chi connectivity index (χ0) is 12.6. The first-order valence-electron chi connectivity index (χ1n) is 5.67. The minimum atomic E-state index is -0.337. The van der Waals surface area contributed by atoms with Crippen molar-refractivity contribution in [2.75, 3.05) is 11.9 Å². The van der Waals surface area contributed by atoms with E-state index in [1.807, 2.05) is 34.7 Å². The lowest BCUT2D eigenvalue weighted by Crippen LogP contribution is -2.30. The van der Waals surface area contributed by atoms with E-state index in [2.05, 4.69) is 18.9 Å². The first kappa shape index (κ1) is 12.6. The molecule has 1 unspecified atom stereocenters. The Balaban J connectivity index is 2.21. The number of hydrogen-bond acceptors (Lipinski definition) is 3. The van der Waals surface area contributed by atoms with Crippen LogP contribution >= 0.6 is 22.6 Å². The van der Waals surface area contributed by atoms with Crippen molar-refractivity contribution < 1.29 is 4.92 Å². The number of nitrogens with zero attached hydrogens (tertiary/aromatic N) is 2. The Kier molecular flexibility index (Phi) is 3.56. The minimum absolute atomic E-state index is 0.182. The van der Waals surface area contributed by atoms with Crippen LogP contribution in [-0.2, 0) is 0 Å². The third-order valence-corrected chi connectivity index (χ3v) is 4.31. The number of halogens is 1. The lowest BCUT2D eigenvalue weighted by atomic mass is 10.1. The van der Waals surface area contributed by atoms with Crippen LogP contribution in [-0.4, -0.2) is 18.0 Å². The summed E-state index contributed by atoms with van der Waals surface area (Å²) in [6.07, 6.45) is 2.60. The van der Waals surface area contributed by atoms with Crippen molar-refractivity contribution in [2.45, 2.75) is 25.8 Å². The second-order valence-corrected chi connectivity index (χ2v) is 5.74. The third kappa shape index (κ3) is 2.70. The lowest BCUT2D eigenvalue weighted by Gasteiger charge is -2.27. The second kappa shape index (κ2) is 4.80. The van der Waals surface area contributed by atoms with E-state index in [9.17, 15) is 10.1 Å². The van der Waals surface area contributed by atoms with Crippen LogP contribution in [0.3, 0.4) is 0 Å². The number of anilines is 1. The molecule has 0 N–H and O–H groups in total. The highest BCUT2D eigenvalue weighted by Crippen LogP contribution is 2.37. The highest BCUT2D eigenvalue weighted by Gasteiger charge is 2.30. The van der Waals surface area contributed by atoms with Gasteiger partial charge in [0.25, 0.3) is 5.69 Å². The fraction of sp³-hybridized carbons (Fsp3) is 0.500. The molecule has 0 radical (unpaired) electrons. The Hall–Kier alpha value is -0.850. The zero-order valence-electron chi connectivity index (χ0n) is 9.89. The molecule has 1 saturated carbocycles. The third-order valence-electron chi connectivity index (χ3n) is 3.45. The highest BCUT2D eigenvalue weighted by atomic mass is 127. The first-order chi connectivity index (χ1) is 8.00. The molecule has 1 aromatic rings. The Bertz CT molecular complexity index is 446. The molecule has 0 saturated heterocycles. The van der Waals surface area contributed by atoms with Gasteiger partial charge in [-0.3, -0.25) is 10.1 Å². The van der Waals surface area contributed by atoms with Gasteiger partial charge in [0.1, 0.15) is 0 Å². The summed E-state index contributed by atoms with van der Waals surface area (Å²) in [5, 5.41) is 10.7. The van der Waals surface area contributed by atoms with E-state index in [0.717, 1.165) is 11.6 Å². The summed E-state index contributed by atoms with van der Waals surface area (Å²) in [5.74, 6) is 0.785. The van der Waals surface area contributed by atoms with Crippen LogP contribution in [0.4, 0.5) is 11.4 Å². The maximum atomic E-state index is 10.7. The largest absolute Gasteiger partial charge is 0.372 e. The first-order valence-corrected chi connectivity index (χ1v) is 6.75. The van der Waals surface area contributed by atoms with Gasteiger partial charge in [-0.25, -0.2) is 0 Å². The van der Waals surface area contributed by atoms with Gasteiger partial charge in [-0.15, -0.1) is 0 Å². The van der Waals surface area contributed by atoms with Gasteiger partial charge in [-0.1, -0.05) is 0 Å². The maximum Gasteiger partial charge on any atom is 0.282 e. The number of rotatable bonds is 4. The minimum Gasteiger partial charge on any atom is -0.372 e. The van der Waals surface area contributed by atoms with Gasteiger partial charge in [-0.2, -0.15) is 0 Å². The molecule has 1 aliphatic carbocycles. The number of benzene rings is 1. The Morgan fingerprint density at radius 3 is 2.65 bits per heavy atom. The molecule has 0 bridgehead atoms. The van der Waals surface area contributed by atoms with Crippen LogP contribution in [0.5, 0.6) is 0 Å². The van der Waals surface area contributed by atoms with Crippen molar-refractivity contribution in [3.63, 3.8) is 0 Å². The van der Waals surface area contributed by atoms with Gasteiger partial charge < -0.3 is 4.90 Å². The SMILES string of the molecule is CC(C1CC1)N(C)c1ccc([N+](=O)[O-])c(I)c1. The molecule has 0 aromatic heterocycles. The molecule has 1 aliphatic rings. The summed E-state index contributed by atoms with van der Waals surface area (Å²) < 4.78 is 0.694. The van der Waals surface area contributed by atoms with Gasteiger partial charge >= 0.3 is 0 Å². The molecule has 0 heterocycles. The van der Waals surface area contributed by atoms with Gasteiger partial charge in [0.05, 0.1) is 8.49 Å². The Labute approximate surface area is 114 Å². The standard InChI is InChI=1S/C12H15IN2O2/c1-8(9-3-4-9)14(2)10-5-6-12(15(16)17)11(13)7-10/h5-9H,3-4H2,1-2H3. The molecule has 2 rings (SSSR count). The van der Waals surface area contributed by atoms with Crippen LogP contribution in [0.2, 0.25) is 0 Å². The molecule has 1 atom stereocenters. The topological polar surface area (TPSA) is 46.4 Å². The summed E-state index contributed by atoms with van der Waals surface area (Å²) in [6.45, 7) is 2.21. The van der Waals surface area contributed by atoms with Crippen molar-refractivity contribution in [3.8, 4) is 0 Å². The average molecular weight is 346 g/mol. The molecule has 1 aromatic carbocycles. The van der Waals surface area contributed by atoms with Crippen molar-refractivity contribution in [3.05, 3.63) is 31.9 Å². The van der Waals surface area contributed by atoms with E-state index in [1.165, 1.54) is 12.8 Å². The molecule has 0 amide bonds. The predicted octanol–water partition coefficient (Wildman–Crippen LogP) is 3.43. The number of nitro benzene ring substituents is 1. The molecular weight excluding hydrogens is 331 g/mol. The zero-order valence-corrected chi connectivity index (χ0v) is 12.0. The van der Waals surface area contributed by atoms with Crippen molar-refractivity contribution in [1.29, 1.82) is 0 Å². The Morgan fingerprint density at radius 2 is 2.18 bits per heavy atom. The van der Waals surface area contributed by atoms with Crippen LogP contribution in [0.1, 0.15) is 19.8 Å². The van der Waals surface area contributed by atoms with Crippen molar-refractivity contribution >= 4 is 34.0 Å². The highest BCUT2D eigenvalue weighted by molar-refractivity contribution is 14.1. The van der Waals surface area contributed by atoms with E-state index >= 15 is 0 Å². The second-order valence-electron chi connectivity index (χ2n) is 4.58. The predicted molar refractivity (Wildman–Crippen MR) is 76.4 cm³/mol.